The van der Waals surface area contributed by atoms with Gasteiger partial charge < -0.3 is 15.7 Å². The van der Waals surface area contributed by atoms with Crippen molar-refractivity contribution < 1.29 is 19.5 Å². The van der Waals surface area contributed by atoms with Gasteiger partial charge in [-0.25, -0.2) is 0 Å². The number of carboxylic acids is 1. The maximum atomic E-state index is 11.8. The van der Waals surface area contributed by atoms with Gasteiger partial charge in [0.05, 0.1) is 5.75 Å². The molecule has 0 spiro atoms. The summed E-state index contributed by atoms with van der Waals surface area (Å²) in [7, 11) is 0. The number of rotatable bonds is 10. The van der Waals surface area contributed by atoms with Gasteiger partial charge in [0.25, 0.3) is 0 Å². The van der Waals surface area contributed by atoms with Crippen LogP contribution in [0.3, 0.4) is 0 Å². The molecule has 0 bridgehead atoms. The number of carbonyl (C=O) groups is 3. The molecule has 7 heteroatoms. The molecule has 0 saturated carbocycles. The molecule has 1 aromatic rings. The third kappa shape index (κ3) is 8.87. The van der Waals surface area contributed by atoms with Crippen molar-refractivity contribution in [3.63, 3.8) is 0 Å². The Balaban J connectivity index is 2.39. The molecule has 23 heavy (non-hydrogen) atoms. The van der Waals surface area contributed by atoms with Crippen LogP contribution < -0.4 is 10.6 Å². The highest BCUT2D eigenvalue weighted by molar-refractivity contribution is 7.99. The Bertz CT molecular complexity index is 549. The smallest absolute Gasteiger partial charge is 0.313 e. The molecule has 0 unspecified atom stereocenters. The molecule has 2 amide bonds. The lowest BCUT2D eigenvalue weighted by atomic mass is 10.2. The summed E-state index contributed by atoms with van der Waals surface area (Å²) in [5, 5.41) is 14.1. The van der Waals surface area contributed by atoms with E-state index in [0.29, 0.717) is 18.0 Å². The minimum absolute atomic E-state index is 0.0451. The van der Waals surface area contributed by atoms with Crippen molar-refractivity contribution in [2.45, 2.75) is 31.9 Å². The second-order valence-electron chi connectivity index (χ2n) is 4.99. The van der Waals surface area contributed by atoms with Gasteiger partial charge >= 0.3 is 5.97 Å². The number of aliphatic carboxylic acids is 1. The third-order valence-electron chi connectivity index (χ3n) is 2.86. The SMILES string of the molecule is CCCNC(=O)CCC(=O)Nc1cccc(CSCC(=O)O)c1. The standard InChI is InChI=1S/C16H22N2O4S/c1-2-8-17-14(19)6-7-15(20)18-13-5-3-4-12(9-13)10-23-11-16(21)22/h3-5,9H,2,6-8,10-11H2,1H3,(H,17,19)(H,18,20)(H,21,22). The number of thioether (sulfide) groups is 1. The van der Waals surface area contributed by atoms with E-state index in [4.69, 9.17) is 5.11 Å². The first-order valence-electron chi connectivity index (χ1n) is 7.46. The fourth-order valence-corrected chi connectivity index (χ4v) is 2.49. The van der Waals surface area contributed by atoms with E-state index in [1.54, 1.807) is 12.1 Å². The van der Waals surface area contributed by atoms with Gasteiger partial charge in [0, 0.05) is 30.8 Å². The molecule has 0 aromatic heterocycles. The summed E-state index contributed by atoms with van der Waals surface area (Å²) in [5.41, 5.74) is 1.59. The Morgan fingerprint density at radius 2 is 1.91 bits per heavy atom. The van der Waals surface area contributed by atoms with Crippen molar-refractivity contribution in [2.75, 3.05) is 17.6 Å². The lowest BCUT2D eigenvalue weighted by Crippen LogP contribution is -2.25. The topological polar surface area (TPSA) is 95.5 Å². The lowest BCUT2D eigenvalue weighted by Gasteiger charge is -2.07. The van der Waals surface area contributed by atoms with Crippen LogP contribution >= 0.6 is 11.8 Å². The van der Waals surface area contributed by atoms with Crippen LogP contribution in [0, 0.1) is 0 Å². The average molecular weight is 338 g/mol. The molecule has 0 heterocycles. The molecule has 0 fully saturated rings. The minimum Gasteiger partial charge on any atom is -0.481 e. The van der Waals surface area contributed by atoms with E-state index in [0.717, 1.165) is 12.0 Å². The van der Waals surface area contributed by atoms with Crippen LogP contribution in [-0.4, -0.2) is 35.2 Å². The van der Waals surface area contributed by atoms with E-state index < -0.39 is 5.97 Å². The van der Waals surface area contributed by atoms with Crippen molar-refractivity contribution in [1.29, 1.82) is 0 Å². The van der Waals surface area contributed by atoms with Crippen LogP contribution in [0.4, 0.5) is 5.69 Å². The molecule has 1 aromatic carbocycles. The number of carboxylic acid groups (broad SMARTS) is 1. The van der Waals surface area contributed by atoms with Crippen LogP contribution in [0.1, 0.15) is 31.7 Å². The monoisotopic (exact) mass is 338 g/mol. The highest BCUT2D eigenvalue weighted by atomic mass is 32.2. The van der Waals surface area contributed by atoms with Gasteiger partial charge in [-0.2, -0.15) is 0 Å². The second-order valence-corrected chi connectivity index (χ2v) is 5.97. The number of amides is 2. The van der Waals surface area contributed by atoms with Gasteiger partial charge in [0.15, 0.2) is 0 Å². The van der Waals surface area contributed by atoms with Crippen LogP contribution in [0.5, 0.6) is 0 Å². The zero-order valence-corrected chi connectivity index (χ0v) is 13.9. The van der Waals surface area contributed by atoms with Crippen LogP contribution in [0.15, 0.2) is 24.3 Å². The molecule has 1 rings (SSSR count). The highest BCUT2D eigenvalue weighted by Crippen LogP contribution is 2.16. The zero-order valence-electron chi connectivity index (χ0n) is 13.1. The Morgan fingerprint density at radius 1 is 1.17 bits per heavy atom. The van der Waals surface area contributed by atoms with Crippen molar-refractivity contribution in [1.82, 2.24) is 5.32 Å². The molecule has 0 saturated heterocycles. The van der Waals surface area contributed by atoms with Gasteiger partial charge in [0.2, 0.25) is 11.8 Å². The van der Waals surface area contributed by atoms with Crippen LogP contribution in [0.2, 0.25) is 0 Å². The normalized spacial score (nSPS) is 10.1. The molecular formula is C16H22N2O4S. The highest BCUT2D eigenvalue weighted by Gasteiger charge is 2.07. The largest absolute Gasteiger partial charge is 0.481 e. The summed E-state index contributed by atoms with van der Waals surface area (Å²) >= 11 is 1.30. The summed E-state index contributed by atoms with van der Waals surface area (Å²) in [6.07, 6.45) is 1.16. The fourth-order valence-electron chi connectivity index (χ4n) is 1.80. The molecule has 6 nitrogen and oxygen atoms in total. The number of anilines is 1. The van der Waals surface area contributed by atoms with Gasteiger partial charge in [-0.1, -0.05) is 19.1 Å². The quantitative estimate of drug-likeness (QED) is 0.608. The van der Waals surface area contributed by atoms with Crippen LogP contribution in [-0.2, 0) is 20.1 Å². The average Bonchev–Trinajstić information content (AvgIpc) is 2.51. The molecule has 0 aliphatic rings. The van der Waals surface area contributed by atoms with E-state index in [-0.39, 0.29) is 30.4 Å². The van der Waals surface area contributed by atoms with Crippen molar-refractivity contribution in [3.8, 4) is 0 Å². The summed E-state index contributed by atoms with van der Waals surface area (Å²) in [4.78, 5) is 33.8. The first kappa shape index (κ1) is 19.0. The van der Waals surface area contributed by atoms with E-state index in [9.17, 15) is 14.4 Å². The van der Waals surface area contributed by atoms with E-state index >= 15 is 0 Å². The number of hydrogen-bond donors (Lipinski definition) is 3. The van der Waals surface area contributed by atoms with Crippen molar-refractivity contribution >= 4 is 35.2 Å². The van der Waals surface area contributed by atoms with E-state index in [1.165, 1.54) is 11.8 Å². The number of carbonyl (C=O) groups excluding carboxylic acids is 2. The van der Waals surface area contributed by atoms with Gasteiger partial charge in [-0.15, -0.1) is 11.8 Å². The van der Waals surface area contributed by atoms with Gasteiger partial charge in [-0.05, 0) is 24.1 Å². The van der Waals surface area contributed by atoms with Crippen molar-refractivity contribution in [3.05, 3.63) is 29.8 Å². The van der Waals surface area contributed by atoms with Gasteiger partial charge in [0.1, 0.15) is 0 Å². The predicted molar refractivity (Wildman–Crippen MR) is 91.4 cm³/mol. The predicted octanol–water partition coefficient (Wildman–Crippen LogP) is 2.25. The maximum Gasteiger partial charge on any atom is 0.313 e. The molecular weight excluding hydrogens is 316 g/mol. The third-order valence-corrected chi connectivity index (χ3v) is 3.84. The van der Waals surface area contributed by atoms with Crippen molar-refractivity contribution in [2.24, 2.45) is 0 Å². The first-order valence-corrected chi connectivity index (χ1v) is 8.61. The molecule has 126 valence electrons. The molecule has 0 radical (unpaired) electrons. The number of hydrogen-bond acceptors (Lipinski definition) is 4. The summed E-state index contributed by atoms with van der Waals surface area (Å²) in [6.45, 7) is 2.59. The van der Waals surface area contributed by atoms with E-state index in [2.05, 4.69) is 10.6 Å². The van der Waals surface area contributed by atoms with Crippen LogP contribution in [0.25, 0.3) is 0 Å². The number of benzene rings is 1. The molecule has 3 N–H and O–H groups in total. The fraction of sp³-hybridized carbons (Fsp3) is 0.438. The maximum absolute atomic E-state index is 11.8. The summed E-state index contributed by atoms with van der Waals surface area (Å²) < 4.78 is 0. The molecule has 0 atom stereocenters. The molecule has 0 aliphatic carbocycles. The first-order chi connectivity index (χ1) is 11.0. The lowest BCUT2D eigenvalue weighted by molar-refractivity contribution is -0.134. The second kappa shape index (κ2) is 10.7. The Labute approximate surface area is 140 Å². The Kier molecular flexibility index (Phi) is 8.82. The minimum atomic E-state index is -0.846. The van der Waals surface area contributed by atoms with Gasteiger partial charge in [-0.3, -0.25) is 14.4 Å². The molecule has 0 aliphatic heterocycles. The number of nitrogens with one attached hydrogen (secondary N) is 2. The Morgan fingerprint density at radius 3 is 2.61 bits per heavy atom. The van der Waals surface area contributed by atoms with E-state index in [1.807, 2.05) is 19.1 Å². The summed E-state index contributed by atoms with van der Waals surface area (Å²) in [5.74, 6) is -0.576. The Hall–Kier alpha value is -2.02. The zero-order chi connectivity index (χ0) is 17.1. The summed E-state index contributed by atoms with van der Waals surface area (Å²) in [6, 6.07) is 7.26.